The van der Waals surface area contributed by atoms with E-state index >= 15 is 0 Å². The Morgan fingerprint density at radius 3 is 2.54 bits per heavy atom. The van der Waals surface area contributed by atoms with E-state index in [1.165, 1.54) is 18.6 Å². The van der Waals surface area contributed by atoms with Crippen molar-refractivity contribution in [3.05, 3.63) is 64.2 Å². The highest BCUT2D eigenvalue weighted by Gasteiger charge is 2.16. The number of primary amides is 1. The predicted octanol–water partition coefficient (Wildman–Crippen LogP) is 4.59. The molecule has 0 fully saturated rings. The summed E-state index contributed by atoms with van der Waals surface area (Å²) in [5, 5.41) is 3.56. The smallest absolute Gasteiger partial charge is 0.248 e. The molecule has 146 valence electrons. The number of anilines is 1. The molecule has 0 aliphatic carbocycles. The minimum Gasteiger partial charge on any atom is -0.464 e. The second-order valence-electron chi connectivity index (χ2n) is 7.34. The second-order valence-corrected chi connectivity index (χ2v) is 7.34. The van der Waals surface area contributed by atoms with Crippen molar-refractivity contribution in [3.63, 3.8) is 0 Å². The van der Waals surface area contributed by atoms with E-state index < -0.39 is 11.7 Å². The molecule has 0 unspecified atom stereocenters. The Labute approximate surface area is 162 Å². The summed E-state index contributed by atoms with van der Waals surface area (Å²) in [6.07, 6.45) is 1.64. The Bertz CT molecular complexity index is 1080. The minimum atomic E-state index is -0.758. The first-order chi connectivity index (χ1) is 13.2. The van der Waals surface area contributed by atoms with E-state index in [-0.39, 0.29) is 29.1 Å². The van der Waals surface area contributed by atoms with Crippen LogP contribution in [0.5, 0.6) is 0 Å². The van der Waals surface area contributed by atoms with Gasteiger partial charge in [-0.05, 0) is 55.2 Å². The first-order valence-corrected chi connectivity index (χ1v) is 9.07. The molecule has 0 atom stereocenters. The lowest BCUT2D eigenvalue weighted by Gasteiger charge is -2.11. The molecule has 3 rings (SSSR count). The summed E-state index contributed by atoms with van der Waals surface area (Å²) < 4.78 is 19.6. The second kappa shape index (κ2) is 7.46. The number of hydrogen-bond acceptors (Lipinski definition) is 3. The predicted molar refractivity (Wildman–Crippen MR) is 107 cm³/mol. The summed E-state index contributed by atoms with van der Waals surface area (Å²) >= 11 is 0. The van der Waals surface area contributed by atoms with Gasteiger partial charge in [0.25, 0.3) is 0 Å². The summed E-state index contributed by atoms with van der Waals surface area (Å²) in [6, 6.07) is 6.47. The number of benzene rings is 2. The number of nitrogens with two attached hydrogens (primary N) is 1. The molecule has 2 aromatic carbocycles. The average Bonchev–Trinajstić information content (AvgIpc) is 2.99. The van der Waals surface area contributed by atoms with Gasteiger partial charge in [0.15, 0.2) is 0 Å². The van der Waals surface area contributed by atoms with Crippen molar-refractivity contribution in [3.8, 4) is 0 Å². The topological polar surface area (TPSA) is 85.3 Å². The lowest BCUT2D eigenvalue weighted by molar-refractivity contribution is -0.115. The van der Waals surface area contributed by atoms with Gasteiger partial charge in [-0.25, -0.2) is 4.39 Å². The highest BCUT2D eigenvalue weighted by molar-refractivity contribution is 5.98. The summed E-state index contributed by atoms with van der Waals surface area (Å²) in [5.41, 5.74) is 9.51. The lowest BCUT2D eigenvalue weighted by Crippen LogP contribution is -2.17. The zero-order valence-electron chi connectivity index (χ0n) is 16.4. The molecular formula is C22H23FN2O3. The molecule has 0 spiro atoms. The zero-order valence-corrected chi connectivity index (χ0v) is 16.4. The number of amides is 2. The number of nitrogens with one attached hydrogen (secondary N) is 1. The number of hydrogen-bond donors (Lipinski definition) is 2. The van der Waals surface area contributed by atoms with Crippen molar-refractivity contribution >= 4 is 28.5 Å². The molecule has 28 heavy (non-hydrogen) atoms. The quantitative estimate of drug-likeness (QED) is 0.677. The number of carbonyl (C=O) groups is 2. The highest BCUT2D eigenvalue weighted by atomic mass is 19.1. The first-order valence-electron chi connectivity index (χ1n) is 9.07. The maximum atomic E-state index is 14.0. The Kier molecular flexibility index (Phi) is 5.23. The van der Waals surface area contributed by atoms with Crippen molar-refractivity contribution in [1.82, 2.24) is 0 Å². The van der Waals surface area contributed by atoms with Gasteiger partial charge in [-0.1, -0.05) is 13.8 Å². The fraction of sp³-hybridized carbons (Fsp3) is 0.273. The average molecular weight is 382 g/mol. The molecule has 0 aliphatic rings. The van der Waals surface area contributed by atoms with E-state index in [1.807, 2.05) is 13.0 Å². The van der Waals surface area contributed by atoms with Crippen LogP contribution in [0.3, 0.4) is 0 Å². The molecule has 0 aliphatic heterocycles. The summed E-state index contributed by atoms with van der Waals surface area (Å²) in [6.45, 7) is 7.79. The Hall–Kier alpha value is -3.15. The molecule has 0 saturated carbocycles. The van der Waals surface area contributed by atoms with Gasteiger partial charge >= 0.3 is 0 Å². The van der Waals surface area contributed by atoms with Crippen LogP contribution in [0.15, 0.2) is 34.9 Å². The standard InChI is InChI=1S/C22H23FN2O3/c1-11(2)16-9-17-15(10-28-20(17)5-12(16)3)8-21(26)25-19-7-14(22(24)27)6-18(23)13(19)4/h5-7,9-11H,8H2,1-4H3,(H2,24,27)(H,25,26). The van der Waals surface area contributed by atoms with E-state index in [2.05, 4.69) is 25.2 Å². The van der Waals surface area contributed by atoms with Crippen LogP contribution < -0.4 is 11.1 Å². The van der Waals surface area contributed by atoms with E-state index in [4.69, 9.17) is 10.2 Å². The normalized spacial score (nSPS) is 11.2. The number of aryl methyl sites for hydroxylation is 1. The molecule has 6 heteroatoms. The van der Waals surface area contributed by atoms with E-state index in [0.717, 1.165) is 28.2 Å². The molecule has 5 nitrogen and oxygen atoms in total. The summed E-state index contributed by atoms with van der Waals surface area (Å²) in [7, 11) is 0. The summed E-state index contributed by atoms with van der Waals surface area (Å²) in [4.78, 5) is 23.9. The van der Waals surface area contributed by atoms with Crippen LogP contribution in [0, 0.1) is 19.7 Å². The van der Waals surface area contributed by atoms with Crippen molar-refractivity contribution in [2.24, 2.45) is 5.73 Å². The fourth-order valence-corrected chi connectivity index (χ4v) is 3.32. The monoisotopic (exact) mass is 382 g/mol. The first kappa shape index (κ1) is 19.6. The minimum absolute atomic E-state index is 0.00390. The maximum absolute atomic E-state index is 14.0. The SMILES string of the molecule is Cc1cc2occ(CC(=O)Nc3cc(C(N)=O)cc(F)c3C)c2cc1C(C)C. The maximum Gasteiger partial charge on any atom is 0.248 e. The van der Waals surface area contributed by atoms with Gasteiger partial charge in [0, 0.05) is 27.8 Å². The third-order valence-electron chi connectivity index (χ3n) is 4.92. The fourth-order valence-electron chi connectivity index (χ4n) is 3.32. The lowest BCUT2D eigenvalue weighted by atomic mass is 9.95. The summed E-state index contributed by atoms with van der Waals surface area (Å²) in [5.74, 6) is -1.34. The van der Waals surface area contributed by atoms with Crippen molar-refractivity contribution < 1.29 is 18.4 Å². The zero-order chi connectivity index (χ0) is 20.6. The Morgan fingerprint density at radius 1 is 1.18 bits per heavy atom. The van der Waals surface area contributed by atoms with Crippen molar-refractivity contribution in [2.45, 2.75) is 40.0 Å². The molecule has 3 N–H and O–H groups in total. The van der Waals surface area contributed by atoms with Gasteiger partial charge in [0.2, 0.25) is 11.8 Å². The van der Waals surface area contributed by atoms with Crippen LogP contribution in [0.25, 0.3) is 11.0 Å². The molecular weight excluding hydrogens is 359 g/mol. The van der Waals surface area contributed by atoms with Crippen LogP contribution in [-0.4, -0.2) is 11.8 Å². The van der Waals surface area contributed by atoms with Crippen LogP contribution in [0.4, 0.5) is 10.1 Å². The Morgan fingerprint density at radius 2 is 1.89 bits per heavy atom. The molecule has 1 heterocycles. The number of furan rings is 1. The van der Waals surface area contributed by atoms with Gasteiger partial charge in [0.05, 0.1) is 12.7 Å². The third kappa shape index (κ3) is 3.76. The molecule has 0 bridgehead atoms. The van der Waals surface area contributed by atoms with Crippen LogP contribution in [0.2, 0.25) is 0 Å². The van der Waals surface area contributed by atoms with E-state index in [9.17, 15) is 14.0 Å². The van der Waals surface area contributed by atoms with Crippen LogP contribution in [-0.2, 0) is 11.2 Å². The van der Waals surface area contributed by atoms with E-state index in [1.54, 1.807) is 6.26 Å². The van der Waals surface area contributed by atoms with E-state index in [0.29, 0.717) is 5.92 Å². The largest absolute Gasteiger partial charge is 0.464 e. The third-order valence-corrected chi connectivity index (χ3v) is 4.92. The van der Waals surface area contributed by atoms with Crippen molar-refractivity contribution in [2.75, 3.05) is 5.32 Å². The molecule has 1 aromatic heterocycles. The number of fused-ring (bicyclic) bond motifs is 1. The van der Waals surface area contributed by atoms with Gasteiger partial charge in [-0.2, -0.15) is 0 Å². The molecule has 3 aromatic rings. The van der Waals surface area contributed by atoms with Crippen LogP contribution in [0.1, 0.15) is 52.4 Å². The van der Waals surface area contributed by atoms with Gasteiger partial charge in [-0.15, -0.1) is 0 Å². The number of rotatable bonds is 5. The molecule has 0 radical (unpaired) electrons. The highest BCUT2D eigenvalue weighted by Crippen LogP contribution is 2.29. The van der Waals surface area contributed by atoms with Gasteiger partial charge in [0.1, 0.15) is 11.4 Å². The molecule has 2 amide bonds. The Balaban J connectivity index is 1.88. The van der Waals surface area contributed by atoms with Crippen molar-refractivity contribution in [1.29, 1.82) is 0 Å². The van der Waals surface area contributed by atoms with Gasteiger partial charge < -0.3 is 15.5 Å². The van der Waals surface area contributed by atoms with Crippen LogP contribution >= 0.6 is 0 Å². The number of carbonyl (C=O) groups excluding carboxylic acids is 2. The van der Waals surface area contributed by atoms with Gasteiger partial charge in [-0.3, -0.25) is 9.59 Å². The number of halogens is 1. The molecule has 0 saturated heterocycles.